The molecule has 1 aliphatic rings. The first-order valence-corrected chi connectivity index (χ1v) is 9.65. The number of benzene rings is 2. The summed E-state index contributed by atoms with van der Waals surface area (Å²) in [6.45, 7) is 4.58. The van der Waals surface area contributed by atoms with Gasteiger partial charge in [0.2, 0.25) is 18.0 Å². The molecule has 1 unspecified atom stereocenters. The Morgan fingerprint density at radius 3 is 2.58 bits per heavy atom. The van der Waals surface area contributed by atoms with Crippen molar-refractivity contribution in [3.8, 4) is 11.5 Å². The third-order valence-corrected chi connectivity index (χ3v) is 4.78. The number of aromatic nitrogens is 1. The van der Waals surface area contributed by atoms with E-state index in [9.17, 15) is 9.59 Å². The van der Waals surface area contributed by atoms with Crippen molar-refractivity contribution in [1.29, 1.82) is 0 Å². The minimum atomic E-state index is -0.927. The summed E-state index contributed by atoms with van der Waals surface area (Å²) in [6.07, 6.45) is -0.927. The predicted molar refractivity (Wildman–Crippen MR) is 114 cm³/mol. The largest absolute Gasteiger partial charge is 0.497 e. The van der Waals surface area contributed by atoms with Crippen LogP contribution >= 0.6 is 0 Å². The maximum absolute atomic E-state index is 12.4. The van der Waals surface area contributed by atoms with Gasteiger partial charge in [-0.15, -0.1) is 5.10 Å². The van der Waals surface area contributed by atoms with Crippen LogP contribution in [-0.2, 0) is 14.3 Å². The van der Waals surface area contributed by atoms with Crippen molar-refractivity contribution in [2.45, 2.75) is 27.0 Å². The zero-order valence-corrected chi connectivity index (χ0v) is 17.6. The van der Waals surface area contributed by atoms with Crippen LogP contribution in [0.4, 0.5) is 0 Å². The van der Waals surface area contributed by atoms with Crippen molar-refractivity contribution < 1.29 is 23.8 Å². The van der Waals surface area contributed by atoms with Gasteiger partial charge in [0, 0.05) is 30.5 Å². The zero-order chi connectivity index (χ0) is 22.1. The second-order valence-corrected chi connectivity index (χ2v) is 7.06. The molecule has 1 atom stereocenters. The van der Waals surface area contributed by atoms with Crippen molar-refractivity contribution in [3.05, 3.63) is 65.4 Å². The molecule has 1 aliphatic heterocycles. The average molecular weight is 419 g/mol. The Kier molecular flexibility index (Phi) is 5.29. The molecule has 1 amide bonds. The molecule has 0 N–H and O–H groups in total. The topological polar surface area (TPSA) is 90.3 Å². The van der Waals surface area contributed by atoms with Gasteiger partial charge in [0.15, 0.2) is 0 Å². The Morgan fingerprint density at radius 1 is 1.10 bits per heavy atom. The summed E-state index contributed by atoms with van der Waals surface area (Å²) < 4.78 is 16.8. The van der Waals surface area contributed by atoms with Crippen LogP contribution in [0.2, 0.25) is 0 Å². The third kappa shape index (κ3) is 3.92. The lowest BCUT2D eigenvalue weighted by molar-refractivity contribution is -0.135. The van der Waals surface area contributed by atoms with Gasteiger partial charge in [-0.25, -0.2) is 0 Å². The van der Waals surface area contributed by atoms with E-state index < -0.39 is 12.2 Å². The maximum Gasteiger partial charge on any atom is 0.308 e. The molecule has 4 rings (SSSR count). The van der Waals surface area contributed by atoms with Crippen molar-refractivity contribution >= 4 is 28.7 Å². The Bertz CT molecular complexity index is 1220. The zero-order valence-electron chi connectivity index (χ0n) is 17.6. The number of pyridine rings is 1. The van der Waals surface area contributed by atoms with Crippen LogP contribution in [0.1, 0.15) is 36.9 Å². The molecular formula is C23H21N3O5. The number of fused-ring (bicyclic) bond motifs is 1. The fourth-order valence-electron chi connectivity index (χ4n) is 3.46. The molecule has 3 aromatic rings. The lowest BCUT2D eigenvalue weighted by Gasteiger charge is -2.22. The summed E-state index contributed by atoms with van der Waals surface area (Å²) in [5, 5.41) is 6.52. The summed E-state index contributed by atoms with van der Waals surface area (Å²) in [5.74, 6) is 0.245. The lowest BCUT2D eigenvalue weighted by Crippen LogP contribution is -2.26. The van der Waals surface area contributed by atoms with Crippen LogP contribution in [0, 0.1) is 6.92 Å². The van der Waals surface area contributed by atoms with Gasteiger partial charge < -0.3 is 14.2 Å². The number of hydrogen-bond donors (Lipinski definition) is 0. The summed E-state index contributed by atoms with van der Waals surface area (Å²) in [5.41, 5.74) is 2.75. The van der Waals surface area contributed by atoms with Gasteiger partial charge in [0.1, 0.15) is 11.5 Å². The van der Waals surface area contributed by atoms with E-state index in [0.717, 1.165) is 16.6 Å². The molecule has 8 nitrogen and oxygen atoms in total. The minimum Gasteiger partial charge on any atom is -0.497 e. The quantitative estimate of drug-likeness (QED) is 0.473. The lowest BCUT2D eigenvalue weighted by atomic mass is 10.1. The fraction of sp³-hybridized carbons (Fsp3) is 0.217. The van der Waals surface area contributed by atoms with Crippen molar-refractivity contribution in [1.82, 2.24) is 9.99 Å². The Labute approximate surface area is 179 Å². The second-order valence-electron chi connectivity index (χ2n) is 7.06. The number of methoxy groups -OCH3 is 1. The highest BCUT2D eigenvalue weighted by Gasteiger charge is 2.36. The monoisotopic (exact) mass is 419 g/mol. The van der Waals surface area contributed by atoms with Gasteiger partial charge in [0.25, 0.3) is 0 Å². The summed E-state index contributed by atoms with van der Waals surface area (Å²) in [4.78, 5) is 28.6. The van der Waals surface area contributed by atoms with Crippen LogP contribution in [-0.4, -0.2) is 34.9 Å². The molecule has 0 saturated heterocycles. The smallest absolute Gasteiger partial charge is 0.308 e. The number of carbonyl (C=O) groups is 2. The van der Waals surface area contributed by atoms with E-state index in [1.165, 1.54) is 26.0 Å². The van der Waals surface area contributed by atoms with Gasteiger partial charge in [-0.3, -0.25) is 14.6 Å². The molecule has 158 valence electrons. The fourth-order valence-corrected chi connectivity index (χ4v) is 3.46. The van der Waals surface area contributed by atoms with Crippen molar-refractivity contribution in [2.24, 2.45) is 5.10 Å². The molecule has 0 bridgehead atoms. The number of aryl methyl sites for hydroxylation is 1. The molecule has 0 saturated carbocycles. The number of hydrogen-bond acceptors (Lipinski definition) is 7. The highest BCUT2D eigenvalue weighted by atomic mass is 16.5. The third-order valence-electron chi connectivity index (χ3n) is 4.78. The molecule has 0 aliphatic carbocycles. The molecule has 0 spiro atoms. The SMILES string of the molecule is COc1ccc(OC(C)=O)c(C2OC(c3cc(C)nc4ccccc34)=NN2C(C)=O)c1. The summed E-state index contributed by atoms with van der Waals surface area (Å²) >= 11 is 0. The summed E-state index contributed by atoms with van der Waals surface area (Å²) in [6, 6.07) is 14.4. The van der Waals surface area contributed by atoms with Gasteiger partial charge in [-0.05, 0) is 37.3 Å². The van der Waals surface area contributed by atoms with E-state index in [0.29, 0.717) is 16.9 Å². The van der Waals surface area contributed by atoms with Crippen LogP contribution < -0.4 is 9.47 Å². The molecule has 2 heterocycles. The van der Waals surface area contributed by atoms with Crippen molar-refractivity contribution in [2.75, 3.05) is 7.11 Å². The number of amides is 1. The number of carbonyl (C=O) groups excluding carboxylic acids is 2. The molecule has 2 aromatic carbocycles. The van der Waals surface area contributed by atoms with Gasteiger partial charge in [-0.2, -0.15) is 5.01 Å². The van der Waals surface area contributed by atoms with E-state index in [2.05, 4.69) is 10.1 Å². The molecule has 8 heteroatoms. The normalized spacial score (nSPS) is 15.4. The molecular weight excluding hydrogens is 398 g/mol. The Hall–Kier alpha value is -3.94. The number of hydrazone groups is 1. The molecule has 1 aromatic heterocycles. The van der Waals surface area contributed by atoms with E-state index in [-0.39, 0.29) is 17.6 Å². The molecule has 0 radical (unpaired) electrons. The first-order valence-electron chi connectivity index (χ1n) is 9.65. The first-order chi connectivity index (χ1) is 14.9. The number of para-hydroxylation sites is 1. The second kappa shape index (κ2) is 8.06. The van der Waals surface area contributed by atoms with Crippen LogP contribution in [0.5, 0.6) is 11.5 Å². The van der Waals surface area contributed by atoms with E-state index in [1.807, 2.05) is 37.3 Å². The first kappa shape index (κ1) is 20.3. The van der Waals surface area contributed by atoms with Gasteiger partial charge in [-0.1, -0.05) is 18.2 Å². The number of rotatable bonds is 4. The molecule has 0 fully saturated rings. The number of nitrogens with zero attached hydrogens (tertiary/aromatic N) is 3. The van der Waals surface area contributed by atoms with E-state index in [1.54, 1.807) is 18.2 Å². The average Bonchev–Trinajstić information content (AvgIpc) is 3.18. The van der Waals surface area contributed by atoms with Gasteiger partial charge in [0.05, 0.1) is 18.2 Å². The van der Waals surface area contributed by atoms with E-state index in [4.69, 9.17) is 14.2 Å². The highest BCUT2D eigenvalue weighted by molar-refractivity contribution is 6.07. The maximum atomic E-state index is 12.4. The van der Waals surface area contributed by atoms with Crippen LogP contribution in [0.15, 0.2) is 53.6 Å². The number of ether oxygens (including phenoxy) is 3. The van der Waals surface area contributed by atoms with E-state index >= 15 is 0 Å². The molecule has 31 heavy (non-hydrogen) atoms. The minimum absolute atomic E-state index is 0.261. The highest BCUT2D eigenvalue weighted by Crippen LogP contribution is 2.38. The van der Waals surface area contributed by atoms with Crippen LogP contribution in [0.25, 0.3) is 10.9 Å². The predicted octanol–water partition coefficient (Wildman–Crippen LogP) is 3.72. The van der Waals surface area contributed by atoms with Crippen molar-refractivity contribution in [3.63, 3.8) is 0 Å². The standard InChI is InChI=1S/C23H21N3O5/c1-13-11-18(17-7-5-6-8-20(17)24-13)22-25-26(14(2)27)23(31-22)19-12-16(29-4)9-10-21(19)30-15(3)28/h5-12,23H,1-4H3. The Morgan fingerprint density at radius 2 is 1.87 bits per heavy atom. The summed E-state index contributed by atoms with van der Waals surface area (Å²) in [7, 11) is 1.52. The number of esters is 1. The van der Waals surface area contributed by atoms with Crippen LogP contribution in [0.3, 0.4) is 0 Å². The Balaban J connectivity index is 1.82. The van der Waals surface area contributed by atoms with Gasteiger partial charge >= 0.3 is 5.97 Å².